The first-order valence-corrected chi connectivity index (χ1v) is 6.96. The first kappa shape index (κ1) is 13.8. The van der Waals surface area contributed by atoms with Crippen LogP contribution in [0.15, 0.2) is 4.52 Å². The third-order valence-electron chi connectivity index (χ3n) is 3.67. The molecule has 1 N–H and O–H groups in total. The van der Waals surface area contributed by atoms with E-state index in [4.69, 9.17) is 4.52 Å². The van der Waals surface area contributed by atoms with E-state index in [0.717, 1.165) is 18.7 Å². The quantitative estimate of drug-likeness (QED) is 0.904. The predicted octanol–water partition coefficient (Wildman–Crippen LogP) is 1.93. The zero-order valence-electron chi connectivity index (χ0n) is 11.7. The molecule has 1 fully saturated rings. The average Bonchev–Trinajstić information content (AvgIpc) is 2.93. The minimum atomic E-state index is -0.101. The third-order valence-corrected chi connectivity index (χ3v) is 3.67. The molecule has 1 aliphatic carbocycles. The standard InChI is InChI=1S/C13H22N4O2/c1-14-13(18)17(2)9-8-11-15-12(19-16-11)10-6-4-3-5-7-10/h10H,3-9H2,1-2H3,(H,14,18). The summed E-state index contributed by atoms with van der Waals surface area (Å²) in [6.07, 6.45) is 6.75. The summed E-state index contributed by atoms with van der Waals surface area (Å²) in [5.74, 6) is 1.90. The van der Waals surface area contributed by atoms with Crippen molar-refractivity contribution in [3.05, 3.63) is 11.7 Å². The maximum Gasteiger partial charge on any atom is 0.316 e. The number of hydrogen-bond donors (Lipinski definition) is 1. The SMILES string of the molecule is CNC(=O)N(C)CCc1noc(C2CCCCC2)n1. The molecule has 6 heteroatoms. The van der Waals surface area contributed by atoms with Gasteiger partial charge < -0.3 is 14.7 Å². The Morgan fingerprint density at radius 1 is 1.42 bits per heavy atom. The molecule has 19 heavy (non-hydrogen) atoms. The summed E-state index contributed by atoms with van der Waals surface area (Å²) in [5.41, 5.74) is 0. The Kier molecular flexibility index (Phi) is 4.76. The molecule has 106 valence electrons. The molecule has 0 saturated heterocycles. The molecule has 6 nitrogen and oxygen atoms in total. The van der Waals surface area contributed by atoms with Crippen LogP contribution in [0.4, 0.5) is 4.79 Å². The summed E-state index contributed by atoms with van der Waals surface area (Å²) in [7, 11) is 3.37. The second-order valence-corrected chi connectivity index (χ2v) is 5.11. The van der Waals surface area contributed by atoms with Crippen molar-refractivity contribution in [1.29, 1.82) is 0 Å². The van der Waals surface area contributed by atoms with Crippen molar-refractivity contribution >= 4 is 6.03 Å². The molecule has 0 bridgehead atoms. The number of carbonyl (C=O) groups is 1. The van der Waals surface area contributed by atoms with Gasteiger partial charge in [-0.15, -0.1) is 0 Å². The van der Waals surface area contributed by atoms with E-state index in [-0.39, 0.29) is 6.03 Å². The molecule has 0 spiro atoms. The van der Waals surface area contributed by atoms with E-state index in [2.05, 4.69) is 15.5 Å². The largest absolute Gasteiger partial charge is 0.341 e. The Balaban J connectivity index is 1.85. The highest BCUT2D eigenvalue weighted by Crippen LogP contribution is 2.31. The minimum absolute atomic E-state index is 0.101. The normalized spacial score (nSPS) is 16.3. The van der Waals surface area contributed by atoms with Crippen LogP contribution in [-0.2, 0) is 6.42 Å². The molecule has 1 aromatic rings. The molecule has 1 saturated carbocycles. The summed E-state index contributed by atoms with van der Waals surface area (Å²) < 4.78 is 5.34. The van der Waals surface area contributed by atoms with Gasteiger partial charge in [-0.05, 0) is 12.8 Å². The number of nitrogens with one attached hydrogen (secondary N) is 1. The van der Waals surface area contributed by atoms with Gasteiger partial charge in [0.1, 0.15) is 0 Å². The van der Waals surface area contributed by atoms with Gasteiger partial charge >= 0.3 is 6.03 Å². The smallest absolute Gasteiger partial charge is 0.316 e. The highest BCUT2D eigenvalue weighted by molar-refractivity contribution is 5.73. The monoisotopic (exact) mass is 266 g/mol. The molecular formula is C13H22N4O2. The van der Waals surface area contributed by atoms with Crippen molar-refractivity contribution in [3.63, 3.8) is 0 Å². The van der Waals surface area contributed by atoms with Crippen molar-refractivity contribution < 1.29 is 9.32 Å². The first-order chi connectivity index (χ1) is 9.20. The van der Waals surface area contributed by atoms with Crippen LogP contribution >= 0.6 is 0 Å². The second kappa shape index (κ2) is 6.54. The molecular weight excluding hydrogens is 244 g/mol. The number of amides is 2. The van der Waals surface area contributed by atoms with Crippen molar-refractivity contribution in [2.75, 3.05) is 20.6 Å². The van der Waals surface area contributed by atoms with Crippen molar-refractivity contribution in [2.45, 2.75) is 44.4 Å². The topological polar surface area (TPSA) is 71.3 Å². The van der Waals surface area contributed by atoms with Crippen LogP contribution in [0, 0.1) is 0 Å². The highest BCUT2D eigenvalue weighted by atomic mass is 16.5. The Bertz CT molecular complexity index is 413. The van der Waals surface area contributed by atoms with Gasteiger partial charge in [-0.25, -0.2) is 4.79 Å². The molecule has 2 rings (SSSR count). The lowest BCUT2D eigenvalue weighted by atomic mass is 9.89. The zero-order valence-corrected chi connectivity index (χ0v) is 11.7. The Labute approximate surface area is 113 Å². The maximum atomic E-state index is 11.3. The first-order valence-electron chi connectivity index (χ1n) is 6.96. The van der Waals surface area contributed by atoms with E-state index in [1.165, 1.54) is 19.3 Å². The molecule has 1 aliphatic rings. The fraction of sp³-hybridized carbons (Fsp3) is 0.769. The Morgan fingerprint density at radius 3 is 2.84 bits per heavy atom. The maximum absolute atomic E-state index is 11.3. The van der Waals surface area contributed by atoms with Gasteiger partial charge in [0.15, 0.2) is 5.82 Å². The summed E-state index contributed by atoms with van der Waals surface area (Å²) in [6, 6.07) is -0.101. The van der Waals surface area contributed by atoms with E-state index >= 15 is 0 Å². The van der Waals surface area contributed by atoms with Crippen LogP contribution in [0.5, 0.6) is 0 Å². The minimum Gasteiger partial charge on any atom is -0.341 e. The third kappa shape index (κ3) is 3.68. The van der Waals surface area contributed by atoms with Gasteiger partial charge in [-0.3, -0.25) is 0 Å². The lowest BCUT2D eigenvalue weighted by molar-refractivity contribution is 0.211. The van der Waals surface area contributed by atoms with Crippen LogP contribution < -0.4 is 5.32 Å². The van der Waals surface area contributed by atoms with Crippen LogP contribution in [0.1, 0.15) is 49.7 Å². The number of urea groups is 1. The summed E-state index contributed by atoms with van der Waals surface area (Å²) in [5, 5.41) is 6.58. The van der Waals surface area contributed by atoms with Crippen LogP contribution in [0.25, 0.3) is 0 Å². The van der Waals surface area contributed by atoms with E-state index < -0.39 is 0 Å². The average molecular weight is 266 g/mol. The van der Waals surface area contributed by atoms with Crippen LogP contribution in [0.2, 0.25) is 0 Å². The van der Waals surface area contributed by atoms with Gasteiger partial charge in [0.05, 0.1) is 0 Å². The lowest BCUT2D eigenvalue weighted by Gasteiger charge is -2.17. The fourth-order valence-corrected chi connectivity index (χ4v) is 2.44. The lowest BCUT2D eigenvalue weighted by Crippen LogP contribution is -2.36. The van der Waals surface area contributed by atoms with Gasteiger partial charge in [0.2, 0.25) is 5.89 Å². The molecule has 0 aromatic carbocycles. The molecule has 2 amide bonds. The summed E-state index contributed by atoms with van der Waals surface area (Å²) in [4.78, 5) is 17.4. The molecule has 1 heterocycles. The molecule has 0 atom stereocenters. The molecule has 0 unspecified atom stereocenters. The van der Waals surface area contributed by atoms with Gasteiger partial charge in [-0.2, -0.15) is 4.98 Å². The Hall–Kier alpha value is -1.59. The molecule has 0 aliphatic heterocycles. The predicted molar refractivity (Wildman–Crippen MR) is 70.9 cm³/mol. The van der Waals surface area contributed by atoms with Gasteiger partial charge in [-0.1, -0.05) is 24.4 Å². The number of nitrogens with zero attached hydrogens (tertiary/aromatic N) is 3. The second-order valence-electron chi connectivity index (χ2n) is 5.11. The number of likely N-dealkylation sites (N-methyl/N-ethyl adjacent to an activating group) is 1. The summed E-state index contributed by atoms with van der Waals surface area (Å²) >= 11 is 0. The van der Waals surface area contributed by atoms with Crippen molar-refractivity contribution in [3.8, 4) is 0 Å². The van der Waals surface area contributed by atoms with Gasteiger partial charge in [0, 0.05) is 33.0 Å². The summed E-state index contributed by atoms with van der Waals surface area (Å²) in [6.45, 7) is 0.587. The fourth-order valence-electron chi connectivity index (χ4n) is 2.44. The van der Waals surface area contributed by atoms with Crippen molar-refractivity contribution in [2.24, 2.45) is 0 Å². The Morgan fingerprint density at radius 2 is 2.16 bits per heavy atom. The van der Waals surface area contributed by atoms with E-state index in [1.807, 2.05) is 0 Å². The van der Waals surface area contributed by atoms with Crippen molar-refractivity contribution in [1.82, 2.24) is 20.4 Å². The number of rotatable bonds is 4. The molecule has 1 aromatic heterocycles. The molecule has 0 radical (unpaired) electrons. The van der Waals surface area contributed by atoms with Crippen LogP contribution in [-0.4, -0.2) is 41.7 Å². The van der Waals surface area contributed by atoms with Gasteiger partial charge in [0.25, 0.3) is 0 Å². The highest BCUT2D eigenvalue weighted by Gasteiger charge is 2.21. The van der Waals surface area contributed by atoms with E-state index in [9.17, 15) is 4.79 Å². The number of hydrogen-bond acceptors (Lipinski definition) is 4. The number of carbonyl (C=O) groups excluding carboxylic acids is 1. The zero-order chi connectivity index (χ0) is 13.7. The van der Waals surface area contributed by atoms with Crippen LogP contribution in [0.3, 0.4) is 0 Å². The van der Waals surface area contributed by atoms with E-state index in [0.29, 0.717) is 24.7 Å². The number of aromatic nitrogens is 2. The van der Waals surface area contributed by atoms with E-state index in [1.54, 1.807) is 19.0 Å².